The summed E-state index contributed by atoms with van der Waals surface area (Å²) < 4.78 is 124. The molecule has 0 radical (unpaired) electrons. The minimum Gasteiger partial charge on any atom is -0.372 e. The molecule has 4 rings (SSSR count). The second-order valence-corrected chi connectivity index (χ2v) is 12.0. The molecule has 42 heavy (non-hydrogen) atoms. The van der Waals surface area contributed by atoms with E-state index in [1.165, 1.54) is 43.3 Å². The largest absolute Gasteiger partial charge is 0.429 e. The fourth-order valence-corrected chi connectivity index (χ4v) is 6.01. The highest BCUT2D eigenvalue weighted by Gasteiger charge is 2.79. The number of halogens is 8. The van der Waals surface area contributed by atoms with E-state index in [0.717, 1.165) is 18.2 Å². The van der Waals surface area contributed by atoms with E-state index >= 15 is 0 Å². The fraction of sp³-hybridized carbons (Fsp3) is 0.370. The van der Waals surface area contributed by atoms with Crippen molar-refractivity contribution in [3.63, 3.8) is 0 Å². The lowest BCUT2D eigenvalue weighted by atomic mass is 9.72. The summed E-state index contributed by atoms with van der Waals surface area (Å²) in [6, 6.07) is 7.41. The SMILES string of the molecule is CCS(=O)(=O)c1ccc2c(c1)CCNC2C(=O)NC1(C(O)(C(F)(F)F)C(F)(F)F)C=CC(c2ccccc2F)=CC1.Cl. The van der Waals surface area contributed by atoms with Crippen molar-refractivity contribution in [3.05, 3.63) is 83.2 Å². The van der Waals surface area contributed by atoms with E-state index in [1.54, 1.807) is 5.32 Å². The van der Waals surface area contributed by atoms with E-state index in [2.05, 4.69) is 5.32 Å². The Hall–Kier alpha value is -2.94. The van der Waals surface area contributed by atoms with Gasteiger partial charge in [0, 0.05) is 12.1 Å². The first-order chi connectivity index (χ1) is 19.0. The molecule has 1 amide bonds. The summed E-state index contributed by atoms with van der Waals surface area (Å²) in [5.74, 6) is -2.32. The van der Waals surface area contributed by atoms with Crippen molar-refractivity contribution in [2.75, 3.05) is 12.3 Å². The molecular weight excluding hydrogens is 617 g/mol. The van der Waals surface area contributed by atoms with Crippen LogP contribution in [0.1, 0.15) is 36.1 Å². The zero-order valence-corrected chi connectivity index (χ0v) is 23.4. The summed E-state index contributed by atoms with van der Waals surface area (Å²) in [5, 5.41) is 15.0. The number of benzene rings is 2. The average molecular weight is 643 g/mol. The van der Waals surface area contributed by atoms with Crippen molar-refractivity contribution in [1.29, 1.82) is 0 Å². The molecule has 0 saturated heterocycles. The minimum atomic E-state index is -6.30. The highest BCUT2D eigenvalue weighted by atomic mass is 35.5. The summed E-state index contributed by atoms with van der Waals surface area (Å²) in [7, 11) is -3.63. The van der Waals surface area contributed by atoms with Gasteiger partial charge in [0.05, 0.1) is 10.6 Å². The van der Waals surface area contributed by atoms with E-state index in [9.17, 15) is 49.1 Å². The molecule has 0 aromatic heterocycles. The monoisotopic (exact) mass is 642 g/mol. The van der Waals surface area contributed by atoms with Crippen LogP contribution in [0.15, 0.2) is 65.6 Å². The summed E-state index contributed by atoms with van der Waals surface area (Å²) >= 11 is 0. The van der Waals surface area contributed by atoms with E-state index < -0.39 is 57.5 Å². The lowest BCUT2D eigenvalue weighted by Gasteiger charge is -2.48. The highest BCUT2D eigenvalue weighted by Crippen LogP contribution is 2.52. The third-order valence-electron chi connectivity index (χ3n) is 7.36. The maximum atomic E-state index is 14.3. The number of fused-ring (bicyclic) bond motifs is 1. The van der Waals surface area contributed by atoms with Crippen LogP contribution in [0.4, 0.5) is 30.7 Å². The summed E-state index contributed by atoms with van der Waals surface area (Å²) in [4.78, 5) is 13.4. The van der Waals surface area contributed by atoms with Crippen molar-refractivity contribution in [3.8, 4) is 0 Å². The van der Waals surface area contributed by atoms with Gasteiger partial charge in [0.15, 0.2) is 9.84 Å². The Labute approximate surface area is 243 Å². The number of hydrogen-bond donors (Lipinski definition) is 3. The van der Waals surface area contributed by atoms with Gasteiger partial charge in [0.1, 0.15) is 17.4 Å². The number of sulfone groups is 1. The quantitative estimate of drug-likeness (QED) is 0.387. The van der Waals surface area contributed by atoms with Crippen LogP contribution in [0.5, 0.6) is 0 Å². The van der Waals surface area contributed by atoms with Crippen molar-refractivity contribution >= 4 is 33.7 Å². The van der Waals surface area contributed by atoms with Gasteiger partial charge in [0.25, 0.3) is 5.60 Å². The van der Waals surface area contributed by atoms with Crippen molar-refractivity contribution in [1.82, 2.24) is 10.6 Å². The first-order valence-corrected chi connectivity index (χ1v) is 14.0. The number of nitrogens with one attached hydrogen (secondary N) is 2. The Morgan fingerprint density at radius 3 is 2.29 bits per heavy atom. The zero-order valence-electron chi connectivity index (χ0n) is 21.8. The lowest BCUT2D eigenvalue weighted by molar-refractivity contribution is -0.385. The average Bonchev–Trinajstić information content (AvgIpc) is 2.91. The number of aliphatic hydroxyl groups is 1. The van der Waals surface area contributed by atoms with Crippen LogP contribution in [0.3, 0.4) is 0 Å². The molecule has 2 aromatic carbocycles. The predicted octanol–water partition coefficient (Wildman–Crippen LogP) is 4.98. The third-order valence-corrected chi connectivity index (χ3v) is 9.09. The Morgan fingerprint density at radius 2 is 1.74 bits per heavy atom. The summed E-state index contributed by atoms with van der Waals surface area (Å²) in [6.45, 7) is 1.49. The first-order valence-electron chi connectivity index (χ1n) is 12.4. The standard InChI is InChI=1S/C27H25F7N2O4S.ClH/c1-2-41(39,40)18-7-8-20-17(15-18)11-14-35-22(20)23(37)36-24(25(38,26(29,30)31)27(32,33)34)12-9-16(10-13-24)19-5-3-4-6-21(19)28;/h3-10,12,15,22,35,38H,2,11,13-14H2,1H3,(H,36,37);1H. The molecule has 1 aliphatic carbocycles. The van der Waals surface area contributed by atoms with Crippen LogP contribution in [0, 0.1) is 5.82 Å². The molecule has 0 spiro atoms. The van der Waals surface area contributed by atoms with Gasteiger partial charge in [-0.2, -0.15) is 26.3 Å². The predicted molar refractivity (Wildman–Crippen MR) is 142 cm³/mol. The zero-order chi connectivity index (χ0) is 30.4. The smallest absolute Gasteiger partial charge is 0.372 e. The van der Waals surface area contributed by atoms with E-state index in [-0.39, 0.29) is 52.7 Å². The number of carbonyl (C=O) groups excluding carboxylic acids is 1. The molecule has 15 heteroatoms. The van der Waals surface area contributed by atoms with Gasteiger partial charge in [-0.1, -0.05) is 49.4 Å². The lowest BCUT2D eigenvalue weighted by Crippen LogP contribution is -2.76. The molecule has 0 bridgehead atoms. The molecule has 2 aromatic rings. The Bertz CT molecular complexity index is 1510. The van der Waals surface area contributed by atoms with Crippen LogP contribution in [-0.2, 0) is 21.1 Å². The highest BCUT2D eigenvalue weighted by molar-refractivity contribution is 7.91. The second kappa shape index (κ2) is 11.6. The van der Waals surface area contributed by atoms with E-state index in [4.69, 9.17) is 0 Å². The number of hydrogen-bond acceptors (Lipinski definition) is 5. The van der Waals surface area contributed by atoms with E-state index in [0.29, 0.717) is 11.6 Å². The second-order valence-electron chi connectivity index (χ2n) is 9.74. The topological polar surface area (TPSA) is 95.5 Å². The number of amides is 1. The molecule has 0 fully saturated rings. The van der Waals surface area contributed by atoms with Gasteiger partial charge in [-0.3, -0.25) is 4.79 Å². The maximum Gasteiger partial charge on any atom is 0.429 e. The van der Waals surface area contributed by atoms with Crippen LogP contribution < -0.4 is 10.6 Å². The molecular formula is C27H26ClF7N2O4S. The minimum absolute atomic E-state index is 0. The normalized spacial score (nSPS) is 21.2. The molecule has 6 nitrogen and oxygen atoms in total. The third kappa shape index (κ3) is 5.69. The fourth-order valence-electron chi connectivity index (χ4n) is 5.08. The van der Waals surface area contributed by atoms with Gasteiger partial charge in [0.2, 0.25) is 5.91 Å². The molecule has 1 heterocycles. The maximum absolute atomic E-state index is 14.3. The van der Waals surface area contributed by atoms with Gasteiger partial charge in [-0.05, 0) is 47.7 Å². The molecule has 0 saturated carbocycles. The summed E-state index contributed by atoms with van der Waals surface area (Å²) in [6.07, 6.45) is -11.5. The Morgan fingerprint density at radius 1 is 1.10 bits per heavy atom. The van der Waals surface area contributed by atoms with Crippen molar-refractivity contribution in [2.24, 2.45) is 0 Å². The number of carbonyl (C=O) groups is 1. The molecule has 3 N–H and O–H groups in total. The van der Waals surface area contributed by atoms with Crippen LogP contribution in [0.2, 0.25) is 0 Å². The molecule has 1 aliphatic heterocycles. The van der Waals surface area contributed by atoms with Crippen LogP contribution in [0.25, 0.3) is 5.57 Å². The molecule has 2 unspecified atom stereocenters. The van der Waals surface area contributed by atoms with E-state index in [1.807, 2.05) is 0 Å². The van der Waals surface area contributed by atoms with Crippen LogP contribution in [-0.4, -0.2) is 55.2 Å². The van der Waals surface area contributed by atoms with Gasteiger partial charge in [-0.15, -0.1) is 12.4 Å². The van der Waals surface area contributed by atoms with Gasteiger partial charge >= 0.3 is 12.4 Å². The first kappa shape index (κ1) is 33.6. The van der Waals surface area contributed by atoms with Gasteiger partial charge in [-0.25, -0.2) is 12.8 Å². The molecule has 230 valence electrons. The van der Waals surface area contributed by atoms with Crippen LogP contribution >= 0.6 is 12.4 Å². The van der Waals surface area contributed by atoms with Gasteiger partial charge < -0.3 is 15.7 Å². The Kier molecular flexibility index (Phi) is 9.29. The summed E-state index contributed by atoms with van der Waals surface area (Å²) in [5.41, 5.74) is -8.54. The van der Waals surface area contributed by atoms with Crippen molar-refractivity contribution in [2.45, 2.75) is 54.2 Å². The number of alkyl halides is 6. The molecule has 2 atom stereocenters. The van der Waals surface area contributed by atoms with Crippen molar-refractivity contribution < 1.29 is 49.1 Å². The molecule has 2 aliphatic rings. The number of allylic oxidation sites excluding steroid dienone is 2. The number of rotatable bonds is 6. The Balaban J connectivity index is 0.00000484.